The van der Waals surface area contributed by atoms with Gasteiger partial charge in [0.05, 0.1) is 28.1 Å². The number of aromatic nitrogens is 3. The summed E-state index contributed by atoms with van der Waals surface area (Å²) in [6.07, 6.45) is 1.84. The fourth-order valence-electron chi connectivity index (χ4n) is 3.94. The zero-order valence-corrected chi connectivity index (χ0v) is 32.4. The second kappa shape index (κ2) is 26.9. The number of hydrogen-bond donors (Lipinski definition) is 1. The van der Waals surface area contributed by atoms with Gasteiger partial charge in [-0.05, 0) is 57.2 Å². The van der Waals surface area contributed by atoms with Gasteiger partial charge in [0, 0.05) is 56.4 Å². The maximum absolute atomic E-state index is 8.49. The first-order chi connectivity index (χ1) is 22.7. The van der Waals surface area contributed by atoms with Crippen LogP contribution in [0.15, 0.2) is 97.2 Å². The van der Waals surface area contributed by atoms with Crippen LogP contribution in [0.5, 0.6) is 0 Å². The molecule has 0 saturated heterocycles. The molecule has 0 bridgehead atoms. The van der Waals surface area contributed by atoms with E-state index >= 15 is 0 Å². The van der Waals surface area contributed by atoms with E-state index in [1.54, 1.807) is 6.92 Å². The van der Waals surface area contributed by atoms with Gasteiger partial charge in [0.25, 0.3) is 0 Å². The van der Waals surface area contributed by atoms with Crippen LogP contribution in [0.4, 0.5) is 0 Å². The number of nitrogens with zero attached hydrogens (tertiary/aromatic N) is 4. The number of aliphatic hydroxyl groups excluding tert-OH is 1. The number of hydrogen-bond acceptors (Lipinski definition) is 14. The Hall–Kier alpha value is -2.87. The first-order valence-electron chi connectivity index (χ1n) is 14.4. The van der Waals surface area contributed by atoms with Crippen LogP contribution in [0.25, 0.3) is 21.8 Å². The Morgan fingerprint density at radius 2 is 0.940 bits per heavy atom. The minimum atomic E-state index is -4.94. The van der Waals surface area contributed by atoms with E-state index in [2.05, 4.69) is 64.5 Å². The van der Waals surface area contributed by atoms with Crippen LogP contribution in [0.2, 0.25) is 0 Å². The quantitative estimate of drug-likeness (QED) is 0.116. The van der Waals surface area contributed by atoms with Crippen LogP contribution in [-0.2, 0) is 49.3 Å². The summed E-state index contributed by atoms with van der Waals surface area (Å²) in [7, 11) is -9.89. The molecule has 4 N–H and O–H groups in total. The minimum absolute atomic E-state index is 0. The summed E-state index contributed by atoms with van der Waals surface area (Å²) in [6.45, 7) is 9.80. The third kappa shape index (κ3) is 25.1. The molecule has 0 unspecified atom stereocenters. The molecule has 0 atom stereocenters. The molecule has 18 heteroatoms. The van der Waals surface area contributed by atoms with Gasteiger partial charge < -0.3 is 15.3 Å². The van der Waals surface area contributed by atoms with Crippen molar-refractivity contribution in [1.29, 1.82) is 0 Å². The summed E-state index contributed by atoms with van der Waals surface area (Å²) in [5.41, 5.74) is 5.18. The van der Waals surface area contributed by atoms with Crippen molar-refractivity contribution in [2.24, 2.45) is 0 Å². The van der Waals surface area contributed by atoms with E-state index in [0.717, 1.165) is 71.7 Å². The average Bonchev–Trinajstić information content (AvgIpc) is 3.01. The number of pyridine rings is 3. The molecule has 5 rings (SSSR count). The Labute approximate surface area is 307 Å². The third-order valence-corrected chi connectivity index (χ3v) is 5.60. The van der Waals surface area contributed by atoms with E-state index in [4.69, 9.17) is 57.1 Å². The Morgan fingerprint density at radius 3 is 1.28 bits per heavy atom. The van der Waals surface area contributed by atoms with Crippen molar-refractivity contribution in [2.75, 3.05) is 19.8 Å². The molecule has 3 heterocycles. The van der Waals surface area contributed by atoms with E-state index in [1.807, 2.05) is 56.4 Å². The molecule has 3 aromatic heterocycles. The fraction of sp³-hybridized carbons (Fsp3) is 0.281. The molecule has 50 heavy (non-hydrogen) atoms. The first-order valence-corrected chi connectivity index (χ1v) is 16.9. The van der Waals surface area contributed by atoms with Crippen molar-refractivity contribution in [3.8, 4) is 0 Å². The second-order valence-electron chi connectivity index (χ2n) is 9.31. The maximum atomic E-state index is 8.49. The van der Waals surface area contributed by atoms with Crippen molar-refractivity contribution in [3.63, 3.8) is 0 Å². The van der Waals surface area contributed by atoms with Crippen LogP contribution in [0.3, 0.4) is 0 Å². The Kier molecular flexibility index (Phi) is 26.5. The normalized spacial score (nSPS) is 10.4. The summed E-state index contributed by atoms with van der Waals surface area (Å²) in [4.78, 5) is 16.6. The summed E-state index contributed by atoms with van der Waals surface area (Å²) in [5, 5.41) is 9.89. The van der Waals surface area contributed by atoms with Gasteiger partial charge in [-0.2, -0.15) is 0 Å². The van der Waals surface area contributed by atoms with Crippen molar-refractivity contribution < 1.29 is 92.6 Å². The Bertz CT molecular complexity index is 1480. The van der Waals surface area contributed by atoms with Gasteiger partial charge in [-0.1, -0.05) is 54.6 Å². The molecule has 270 valence electrons. The van der Waals surface area contributed by atoms with Gasteiger partial charge >= 0.3 is 19.5 Å². The van der Waals surface area contributed by atoms with Crippen LogP contribution >= 0.6 is 0 Å². The standard InChI is InChI=1S/C26H22N4.C4H10O.C2H6O.2ClHO4.H2O.Zn/c1-3-10-25-20(7-1)12-14-23(28-25)18-30(17-22-9-5-6-16-27-22)19-24-15-13-21-8-2-4-11-26(21)29-24;1-3-5-4-2;1-2-3;2*2-1(3,4)5;;/h1-16H,17-19H2;3-4H2,1-2H3;3H,2H2,1H3;2*(H,2,3,4,5);1H2;/q;;;;;;+2/p-1. The van der Waals surface area contributed by atoms with Crippen molar-refractivity contribution in [2.45, 2.75) is 40.4 Å². The van der Waals surface area contributed by atoms with Crippen molar-refractivity contribution in [3.05, 3.63) is 114 Å². The molecule has 0 amide bonds. The van der Waals surface area contributed by atoms with Crippen LogP contribution < -0.4 is 37.3 Å². The van der Waals surface area contributed by atoms with Gasteiger partial charge in [-0.25, -0.2) is 37.3 Å². The van der Waals surface area contributed by atoms with Crippen LogP contribution in [0.1, 0.15) is 37.9 Å². The monoisotopic (exact) mass is 791 g/mol. The van der Waals surface area contributed by atoms with E-state index in [-0.39, 0.29) is 31.6 Å². The molecule has 5 aromatic rings. The zero-order chi connectivity index (χ0) is 36.0. The minimum Gasteiger partial charge on any atom is -0.457 e. The predicted octanol–water partition coefficient (Wildman–Crippen LogP) is -4.01. The van der Waals surface area contributed by atoms with Gasteiger partial charge in [0.15, 0.2) is 0 Å². The van der Waals surface area contributed by atoms with Gasteiger partial charge in [-0.3, -0.25) is 19.9 Å². The van der Waals surface area contributed by atoms with E-state index in [9.17, 15) is 0 Å². The summed E-state index contributed by atoms with van der Waals surface area (Å²) in [6, 6.07) is 31.0. The van der Waals surface area contributed by atoms with Crippen molar-refractivity contribution >= 4 is 21.8 Å². The second-order valence-corrected chi connectivity index (χ2v) is 10.8. The number of ether oxygens (including phenoxy) is 1. The summed E-state index contributed by atoms with van der Waals surface area (Å²) < 4.78 is 72.8. The molecule has 0 aliphatic rings. The number of aliphatic hydroxyl groups is 1. The third-order valence-electron chi connectivity index (χ3n) is 5.60. The molecule has 15 nitrogen and oxygen atoms in total. The number of benzene rings is 2. The molecular weight excluding hydrogens is 753 g/mol. The molecule has 2 aromatic carbocycles. The van der Waals surface area contributed by atoms with Gasteiger partial charge in [0.1, 0.15) is 0 Å². The average molecular weight is 794 g/mol. The largest absolute Gasteiger partial charge is 2.00 e. The van der Waals surface area contributed by atoms with Gasteiger partial charge in [0.2, 0.25) is 0 Å². The molecule has 0 aliphatic heterocycles. The van der Waals surface area contributed by atoms with E-state index in [1.165, 1.54) is 0 Å². The predicted molar refractivity (Wildman–Crippen MR) is 160 cm³/mol. The number of fused-ring (bicyclic) bond motifs is 2. The SMILES string of the molecule is CCO.CCOCC.[O-][Cl+3]([O-])([O-])[O-].[O-][Cl+3]([O-])([O-])[O-].[OH3+].[Zn+2].c1ccc(CN(Cc2ccc3ccccc3n2)Cc2ccc3ccccc3n2)nc1. The van der Waals surface area contributed by atoms with Crippen molar-refractivity contribution in [1.82, 2.24) is 19.9 Å². The fourth-order valence-corrected chi connectivity index (χ4v) is 3.94. The molecule has 0 saturated carbocycles. The number of rotatable bonds is 8. The zero-order valence-electron chi connectivity index (χ0n) is 27.9. The van der Waals surface area contributed by atoms with Crippen LogP contribution in [0, 0.1) is 20.5 Å². The molecule has 0 aliphatic carbocycles. The van der Waals surface area contributed by atoms with Crippen LogP contribution in [-0.4, -0.2) is 44.8 Å². The maximum Gasteiger partial charge on any atom is 2.00 e. The molecular formula is C32H41Cl2N4O11Zn+. The molecule has 0 spiro atoms. The summed E-state index contributed by atoms with van der Waals surface area (Å²) in [5.74, 6) is 0. The number of halogens is 2. The number of para-hydroxylation sites is 2. The molecule has 0 fully saturated rings. The Morgan fingerprint density at radius 1 is 0.580 bits per heavy atom. The van der Waals surface area contributed by atoms with Gasteiger partial charge in [-0.15, -0.1) is 20.5 Å². The first kappa shape index (κ1) is 49.2. The van der Waals surface area contributed by atoms with E-state index < -0.39 is 20.5 Å². The van der Waals surface area contributed by atoms with E-state index in [0.29, 0.717) is 0 Å². The smallest absolute Gasteiger partial charge is 0.457 e. The topological polar surface area (TPSA) is 289 Å². The summed E-state index contributed by atoms with van der Waals surface area (Å²) >= 11 is 0. The Balaban J connectivity index is 0. The molecule has 0 radical (unpaired) electrons.